The van der Waals surface area contributed by atoms with Crippen molar-refractivity contribution in [2.45, 2.75) is 6.54 Å². The summed E-state index contributed by atoms with van der Waals surface area (Å²) in [5.41, 5.74) is 2.41. The van der Waals surface area contributed by atoms with E-state index in [4.69, 9.17) is 11.6 Å². The fourth-order valence-electron chi connectivity index (χ4n) is 1.86. The first-order valence-corrected chi connectivity index (χ1v) is 7.29. The van der Waals surface area contributed by atoms with Gasteiger partial charge in [-0.2, -0.15) is 0 Å². The molecule has 0 aliphatic heterocycles. The highest BCUT2D eigenvalue weighted by Gasteiger charge is 2.05. The van der Waals surface area contributed by atoms with Crippen molar-refractivity contribution >= 4 is 38.9 Å². The SMILES string of the molecule is CN(C)c1ccc(NCc2cc(Br)ccc2F)cc1Cl. The van der Waals surface area contributed by atoms with Crippen LogP contribution in [0.4, 0.5) is 15.8 Å². The number of hydrogen-bond acceptors (Lipinski definition) is 2. The summed E-state index contributed by atoms with van der Waals surface area (Å²) in [6.45, 7) is 0.406. The Bertz CT molecular complexity index is 617. The second-order valence-corrected chi connectivity index (χ2v) is 5.97. The van der Waals surface area contributed by atoms with Gasteiger partial charge in [-0.1, -0.05) is 27.5 Å². The Morgan fingerprint density at radius 2 is 1.95 bits per heavy atom. The Hall–Kier alpha value is -1.26. The van der Waals surface area contributed by atoms with Crippen LogP contribution in [0.1, 0.15) is 5.56 Å². The van der Waals surface area contributed by atoms with Crippen LogP contribution in [0.3, 0.4) is 0 Å². The number of rotatable bonds is 4. The lowest BCUT2D eigenvalue weighted by molar-refractivity contribution is 0.612. The summed E-state index contributed by atoms with van der Waals surface area (Å²) in [5, 5.41) is 3.83. The summed E-state index contributed by atoms with van der Waals surface area (Å²) in [6, 6.07) is 10.6. The molecule has 20 heavy (non-hydrogen) atoms. The molecule has 1 N–H and O–H groups in total. The van der Waals surface area contributed by atoms with Crippen molar-refractivity contribution in [3.05, 3.63) is 57.3 Å². The summed E-state index contributed by atoms with van der Waals surface area (Å²) < 4.78 is 14.5. The van der Waals surface area contributed by atoms with Gasteiger partial charge in [-0.3, -0.25) is 0 Å². The maximum absolute atomic E-state index is 13.6. The number of benzene rings is 2. The van der Waals surface area contributed by atoms with Crippen LogP contribution in [-0.4, -0.2) is 14.1 Å². The van der Waals surface area contributed by atoms with E-state index >= 15 is 0 Å². The standard InChI is InChI=1S/C15H15BrClFN2/c1-20(2)15-6-4-12(8-13(15)17)19-9-10-7-11(16)3-5-14(10)18/h3-8,19H,9H2,1-2H3. The third kappa shape index (κ3) is 3.64. The lowest BCUT2D eigenvalue weighted by atomic mass is 10.2. The molecule has 2 nitrogen and oxygen atoms in total. The molecule has 0 heterocycles. The average Bonchev–Trinajstić information content (AvgIpc) is 2.39. The highest BCUT2D eigenvalue weighted by molar-refractivity contribution is 9.10. The van der Waals surface area contributed by atoms with Gasteiger partial charge in [-0.25, -0.2) is 4.39 Å². The minimum absolute atomic E-state index is 0.225. The van der Waals surface area contributed by atoms with Crippen LogP contribution >= 0.6 is 27.5 Å². The number of anilines is 2. The van der Waals surface area contributed by atoms with E-state index in [0.717, 1.165) is 15.8 Å². The zero-order valence-electron chi connectivity index (χ0n) is 11.3. The topological polar surface area (TPSA) is 15.3 Å². The lowest BCUT2D eigenvalue weighted by Gasteiger charge is -2.16. The summed E-state index contributed by atoms with van der Waals surface area (Å²) in [4.78, 5) is 1.94. The average molecular weight is 358 g/mol. The molecule has 0 bridgehead atoms. The van der Waals surface area contributed by atoms with Gasteiger partial charge in [0.25, 0.3) is 0 Å². The molecular weight excluding hydrogens is 343 g/mol. The first-order valence-electron chi connectivity index (χ1n) is 6.12. The normalized spacial score (nSPS) is 10.4. The maximum atomic E-state index is 13.6. The van der Waals surface area contributed by atoms with E-state index in [9.17, 15) is 4.39 Å². The van der Waals surface area contributed by atoms with Crippen molar-refractivity contribution in [1.82, 2.24) is 0 Å². The molecular formula is C15H15BrClFN2. The number of hydrogen-bond donors (Lipinski definition) is 1. The van der Waals surface area contributed by atoms with E-state index in [0.29, 0.717) is 17.1 Å². The predicted molar refractivity (Wildman–Crippen MR) is 87.2 cm³/mol. The Kier molecular flexibility index (Phi) is 4.89. The van der Waals surface area contributed by atoms with E-state index in [-0.39, 0.29) is 5.82 Å². The van der Waals surface area contributed by atoms with Crippen molar-refractivity contribution in [2.75, 3.05) is 24.3 Å². The number of halogens is 3. The van der Waals surface area contributed by atoms with Crippen molar-refractivity contribution in [3.63, 3.8) is 0 Å². The first kappa shape index (κ1) is 15.1. The second kappa shape index (κ2) is 6.46. The summed E-state index contributed by atoms with van der Waals surface area (Å²) in [7, 11) is 3.87. The third-order valence-corrected chi connectivity index (χ3v) is 3.72. The highest BCUT2D eigenvalue weighted by Crippen LogP contribution is 2.27. The van der Waals surface area contributed by atoms with Gasteiger partial charge in [0.15, 0.2) is 0 Å². The molecule has 2 aromatic rings. The molecule has 106 valence electrons. The van der Waals surface area contributed by atoms with Crippen LogP contribution in [0.15, 0.2) is 40.9 Å². The number of nitrogens with zero attached hydrogens (tertiary/aromatic N) is 1. The Morgan fingerprint density at radius 1 is 1.20 bits per heavy atom. The van der Waals surface area contributed by atoms with Gasteiger partial charge in [0.05, 0.1) is 10.7 Å². The largest absolute Gasteiger partial charge is 0.381 e. The highest BCUT2D eigenvalue weighted by atomic mass is 79.9. The predicted octanol–water partition coefficient (Wildman–Crippen LogP) is 4.92. The Morgan fingerprint density at radius 3 is 2.60 bits per heavy atom. The second-order valence-electron chi connectivity index (χ2n) is 4.65. The number of nitrogens with one attached hydrogen (secondary N) is 1. The minimum atomic E-state index is -0.225. The zero-order chi connectivity index (χ0) is 14.7. The van der Waals surface area contributed by atoms with Gasteiger partial charge in [-0.15, -0.1) is 0 Å². The van der Waals surface area contributed by atoms with Gasteiger partial charge >= 0.3 is 0 Å². The monoisotopic (exact) mass is 356 g/mol. The zero-order valence-corrected chi connectivity index (χ0v) is 13.6. The fourth-order valence-corrected chi connectivity index (χ4v) is 2.61. The van der Waals surface area contributed by atoms with Crippen LogP contribution < -0.4 is 10.2 Å². The molecule has 0 aliphatic rings. The summed E-state index contributed by atoms with van der Waals surface area (Å²) in [5.74, 6) is -0.225. The molecule has 2 aromatic carbocycles. The smallest absolute Gasteiger partial charge is 0.128 e. The van der Waals surface area contributed by atoms with E-state index < -0.39 is 0 Å². The molecule has 0 fully saturated rings. The summed E-state index contributed by atoms with van der Waals surface area (Å²) >= 11 is 9.54. The molecule has 0 unspecified atom stereocenters. The van der Waals surface area contributed by atoms with Crippen LogP contribution in [0.25, 0.3) is 0 Å². The van der Waals surface area contributed by atoms with Gasteiger partial charge in [0, 0.05) is 36.4 Å². The van der Waals surface area contributed by atoms with Gasteiger partial charge in [0.2, 0.25) is 0 Å². The van der Waals surface area contributed by atoms with Crippen LogP contribution in [0.2, 0.25) is 5.02 Å². The molecule has 0 radical (unpaired) electrons. The molecule has 0 saturated carbocycles. The molecule has 0 spiro atoms. The van der Waals surface area contributed by atoms with E-state index in [2.05, 4.69) is 21.2 Å². The van der Waals surface area contributed by atoms with Crippen LogP contribution in [-0.2, 0) is 6.54 Å². The maximum Gasteiger partial charge on any atom is 0.128 e. The van der Waals surface area contributed by atoms with Crippen molar-refractivity contribution in [2.24, 2.45) is 0 Å². The van der Waals surface area contributed by atoms with Crippen molar-refractivity contribution in [1.29, 1.82) is 0 Å². The molecule has 0 aromatic heterocycles. The van der Waals surface area contributed by atoms with Gasteiger partial charge < -0.3 is 10.2 Å². The minimum Gasteiger partial charge on any atom is -0.381 e. The van der Waals surface area contributed by atoms with E-state index in [1.807, 2.05) is 37.2 Å². The first-order chi connectivity index (χ1) is 9.47. The van der Waals surface area contributed by atoms with Gasteiger partial charge in [-0.05, 0) is 36.4 Å². The Balaban J connectivity index is 2.11. The van der Waals surface area contributed by atoms with Crippen molar-refractivity contribution < 1.29 is 4.39 Å². The fraction of sp³-hybridized carbons (Fsp3) is 0.200. The molecule has 0 amide bonds. The van der Waals surface area contributed by atoms with E-state index in [1.165, 1.54) is 6.07 Å². The third-order valence-electron chi connectivity index (χ3n) is 2.92. The molecule has 0 atom stereocenters. The Labute approximate surface area is 131 Å². The van der Waals surface area contributed by atoms with Gasteiger partial charge in [0.1, 0.15) is 5.82 Å². The van der Waals surface area contributed by atoms with Crippen LogP contribution in [0, 0.1) is 5.82 Å². The molecule has 0 aliphatic carbocycles. The molecule has 2 rings (SSSR count). The quantitative estimate of drug-likeness (QED) is 0.835. The summed E-state index contributed by atoms with van der Waals surface area (Å²) in [6.07, 6.45) is 0. The molecule has 5 heteroatoms. The van der Waals surface area contributed by atoms with Crippen LogP contribution in [0.5, 0.6) is 0 Å². The molecule has 0 saturated heterocycles. The van der Waals surface area contributed by atoms with Crippen molar-refractivity contribution in [3.8, 4) is 0 Å². The lowest BCUT2D eigenvalue weighted by Crippen LogP contribution is -2.09. The van der Waals surface area contributed by atoms with E-state index in [1.54, 1.807) is 12.1 Å².